The topological polar surface area (TPSA) is 41.6 Å². The van der Waals surface area contributed by atoms with E-state index < -0.39 is 5.54 Å². The SMILES string of the molecule is CCOC(=O)C1(NC)CCC(N(C)C(C)(C)CC)C1. The van der Waals surface area contributed by atoms with Crippen molar-refractivity contribution in [2.24, 2.45) is 0 Å². The second-order valence-corrected chi connectivity index (χ2v) is 6.23. The first-order valence-electron chi connectivity index (χ1n) is 7.42. The van der Waals surface area contributed by atoms with Crippen LogP contribution in [0.3, 0.4) is 0 Å². The molecule has 0 amide bonds. The number of nitrogens with zero attached hydrogens (tertiary/aromatic N) is 1. The van der Waals surface area contributed by atoms with Crippen molar-refractivity contribution in [1.29, 1.82) is 0 Å². The molecule has 1 aliphatic carbocycles. The Morgan fingerprint density at radius 1 is 1.47 bits per heavy atom. The molecule has 1 rings (SSSR count). The van der Waals surface area contributed by atoms with Crippen molar-refractivity contribution in [2.45, 2.75) is 70.5 Å². The number of carbonyl (C=O) groups is 1. The van der Waals surface area contributed by atoms with Crippen LogP contribution in [0.25, 0.3) is 0 Å². The van der Waals surface area contributed by atoms with Gasteiger partial charge in [-0.25, -0.2) is 0 Å². The van der Waals surface area contributed by atoms with Gasteiger partial charge in [0, 0.05) is 11.6 Å². The normalized spacial score (nSPS) is 27.8. The molecule has 1 saturated carbocycles. The summed E-state index contributed by atoms with van der Waals surface area (Å²) in [6, 6.07) is 0.437. The molecule has 2 atom stereocenters. The summed E-state index contributed by atoms with van der Waals surface area (Å²) in [4.78, 5) is 14.6. The van der Waals surface area contributed by atoms with Crippen molar-refractivity contribution in [1.82, 2.24) is 10.2 Å². The van der Waals surface area contributed by atoms with Gasteiger partial charge >= 0.3 is 5.97 Å². The fraction of sp³-hybridized carbons (Fsp3) is 0.933. The summed E-state index contributed by atoms with van der Waals surface area (Å²) in [5.41, 5.74) is -0.318. The smallest absolute Gasteiger partial charge is 0.326 e. The Hall–Kier alpha value is -0.610. The van der Waals surface area contributed by atoms with Crippen LogP contribution in [-0.4, -0.2) is 48.7 Å². The number of nitrogens with one attached hydrogen (secondary N) is 1. The second kappa shape index (κ2) is 6.23. The first kappa shape index (κ1) is 16.4. The number of carbonyl (C=O) groups excluding carboxylic acids is 1. The monoisotopic (exact) mass is 270 g/mol. The molecule has 0 heterocycles. The zero-order valence-corrected chi connectivity index (χ0v) is 13.4. The van der Waals surface area contributed by atoms with E-state index in [0.29, 0.717) is 12.6 Å². The van der Waals surface area contributed by atoms with Crippen molar-refractivity contribution >= 4 is 5.97 Å². The van der Waals surface area contributed by atoms with Gasteiger partial charge in [0.25, 0.3) is 0 Å². The van der Waals surface area contributed by atoms with E-state index in [9.17, 15) is 4.79 Å². The molecule has 1 aliphatic rings. The number of rotatable bonds is 6. The van der Waals surface area contributed by atoms with Gasteiger partial charge in [-0.15, -0.1) is 0 Å². The molecule has 4 heteroatoms. The second-order valence-electron chi connectivity index (χ2n) is 6.23. The summed E-state index contributed by atoms with van der Waals surface area (Å²) in [7, 11) is 4.04. The Morgan fingerprint density at radius 2 is 2.11 bits per heavy atom. The average Bonchev–Trinajstić information content (AvgIpc) is 2.83. The Balaban J connectivity index is 2.77. The molecular formula is C15H30N2O2. The Morgan fingerprint density at radius 3 is 2.58 bits per heavy atom. The van der Waals surface area contributed by atoms with Crippen molar-refractivity contribution < 1.29 is 9.53 Å². The van der Waals surface area contributed by atoms with Crippen LogP contribution in [0, 0.1) is 0 Å². The lowest BCUT2D eigenvalue weighted by atomic mass is 9.94. The van der Waals surface area contributed by atoms with Gasteiger partial charge in [0.15, 0.2) is 0 Å². The summed E-state index contributed by atoms with van der Waals surface area (Å²) in [6.07, 6.45) is 3.84. The number of esters is 1. The van der Waals surface area contributed by atoms with E-state index in [4.69, 9.17) is 4.74 Å². The highest BCUT2D eigenvalue weighted by Crippen LogP contribution is 2.36. The highest BCUT2D eigenvalue weighted by Gasteiger charge is 2.47. The van der Waals surface area contributed by atoms with Gasteiger partial charge in [0.05, 0.1) is 6.61 Å². The molecule has 1 N–H and O–H groups in total. The van der Waals surface area contributed by atoms with E-state index in [1.807, 2.05) is 14.0 Å². The predicted molar refractivity (Wildman–Crippen MR) is 78.2 cm³/mol. The summed E-state index contributed by atoms with van der Waals surface area (Å²) >= 11 is 0. The number of hydrogen-bond acceptors (Lipinski definition) is 4. The third kappa shape index (κ3) is 3.29. The molecule has 0 aliphatic heterocycles. The van der Waals surface area contributed by atoms with Crippen molar-refractivity contribution in [3.05, 3.63) is 0 Å². The molecule has 4 nitrogen and oxygen atoms in total. The Kier molecular flexibility index (Phi) is 5.39. The number of likely N-dealkylation sites (N-methyl/N-ethyl adjacent to an activating group) is 1. The minimum Gasteiger partial charge on any atom is -0.465 e. The van der Waals surface area contributed by atoms with E-state index in [2.05, 4.69) is 38.0 Å². The van der Waals surface area contributed by atoms with Crippen LogP contribution in [0.5, 0.6) is 0 Å². The molecule has 19 heavy (non-hydrogen) atoms. The van der Waals surface area contributed by atoms with Crippen molar-refractivity contribution in [3.8, 4) is 0 Å². The summed E-state index contributed by atoms with van der Waals surface area (Å²) < 4.78 is 5.24. The molecular weight excluding hydrogens is 240 g/mol. The van der Waals surface area contributed by atoms with Gasteiger partial charge in [0.1, 0.15) is 5.54 Å². The first-order valence-corrected chi connectivity index (χ1v) is 7.42. The van der Waals surface area contributed by atoms with Crippen molar-refractivity contribution in [3.63, 3.8) is 0 Å². The molecule has 0 aromatic heterocycles. The largest absolute Gasteiger partial charge is 0.465 e. The third-order valence-corrected chi connectivity index (χ3v) is 5.00. The molecule has 0 saturated heterocycles. The number of ether oxygens (including phenoxy) is 1. The molecule has 0 bridgehead atoms. The highest BCUT2D eigenvalue weighted by atomic mass is 16.5. The summed E-state index contributed by atoms with van der Waals surface area (Å²) in [6.45, 7) is 9.04. The van der Waals surface area contributed by atoms with Crippen LogP contribution in [0.15, 0.2) is 0 Å². The van der Waals surface area contributed by atoms with Gasteiger partial charge in [-0.1, -0.05) is 6.92 Å². The molecule has 112 valence electrons. The summed E-state index contributed by atoms with van der Waals surface area (Å²) in [5, 5.41) is 3.22. The van der Waals surface area contributed by atoms with Crippen LogP contribution in [0.4, 0.5) is 0 Å². The average molecular weight is 270 g/mol. The molecule has 1 fully saturated rings. The lowest BCUT2D eigenvalue weighted by Gasteiger charge is -2.40. The molecule has 0 aromatic carbocycles. The molecule has 2 unspecified atom stereocenters. The van der Waals surface area contributed by atoms with Crippen LogP contribution in [-0.2, 0) is 9.53 Å². The zero-order valence-electron chi connectivity index (χ0n) is 13.4. The van der Waals surface area contributed by atoms with E-state index in [1.54, 1.807) is 0 Å². The van der Waals surface area contributed by atoms with Crippen LogP contribution in [0.2, 0.25) is 0 Å². The molecule has 0 radical (unpaired) electrons. The lowest BCUT2D eigenvalue weighted by molar-refractivity contribution is -0.151. The first-order chi connectivity index (χ1) is 8.83. The number of hydrogen-bond donors (Lipinski definition) is 1. The van der Waals surface area contributed by atoms with Gasteiger partial charge in [-0.2, -0.15) is 0 Å². The van der Waals surface area contributed by atoms with Gasteiger partial charge < -0.3 is 10.1 Å². The standard InChI is InChI=1S/C15H30N2O2/c1-7-14(3,4)17(6)12-9-10-15(11-12,16-5)13(18)19-8-2/h12,16H,7-11H2,1-6H3. The maximum Gasteiger partial charge on any atom is 0.326 e. The molecule has 0 aromatic rings. The van der Waals surface area contributed by atoms with Gasteiger partial charge in [-0.05, 0) is 60.5 Å². The third-order valence-electron chi connectivity index (χ3n) is 5.00. The quantitative estimate of drug-likeness (QED) is 0.751. The van der Waals surface area contributed by atoms with E-state index in [1.165, 1.54) is 0 Å². The van der Waals surface area contributed by atoms with Crippen LogP contribution < -0.4 is 5.32 Å². The van der Waals surface area contributed by atoms with E-state index in [-0.39, 0.29) is 11.5 Å². The van der Waals surface area contributed by atoms with Crippen molar-refractivity contribution in [2.75, 3.05) is 20.7 Å². The fourth-order valence-electron chi connectivity index (χ4n) is 2.88. The maximum absolute atomic E-state index is 12.2. The van der Waals surface area contributed by atoms with E-state index in [0.717, 1.165) is 25.7 Å². The summed E-state index contributed by atoms with van der Waals surface area (Å²) in [5.74, 6) is -0.0947. The Bertz CT molecular complexity index is 317. The predicted octanol–water partition coefficient (Wildman–Crippen LogP) is 2.18. The van der Waals surface area contributed by atoms with Gasteiger partial charge in [-0.3, -0.25) is 9.69 Å². The van der Waals surface area contributed by atoms with Crippen LogP contribution in [0.1, 0.15) is 53.4 Å². The fourth-order valence-corrected chi connectivity index (χ4v) is 2.88. The minimum atomic E-state index is -0.487. The maximum atomic E-state index is 12.2. The minimum absolute atomic E-state index is 0.0947. The zero-order chi connectivity index (χ0) is 14.7. The van der Waals surface area contributed by atoms with E-state index >= 15 is 0 Å². The molecule has 0 spiro atoms. The lowest BCUT2D eigenvalue weighted by Crippen LogP contribution is -2.52. The Labute approximate surface area is 117 Å². The van der Waals surface area contributed by atoms with Gasteiger partial charge in [0.2, 0.25) is 0 Å². The van der Waals surface area contributed by atoms with Crippen LogP contribution >= 0.6 is 0 Å². The highest BCUT2D eigenvalue weighted by molar-refractivity contribution is 5.81.